The summed E-state index contributed by atoms with van der Waals surface area (Å²) >= 11 is 0. The number of carboxylic acid groups (broad SMARTS) is 1. The molecule has 1 unspecified atom stereocenters. The molecule has 4 nitrogen and oxygen atoms in total. The highest BCUT2D eigenvalue weighted by molar-refractivity contribution is 5.94. The molecule has 1 aromatic rings. The zero-order valence-corrected chi connectivity index (χ0v) is 10.9. The molecule has 20 heavy (non-hydrogen) atoms. The van der Waals surface area contributed by atoms with Gasteiger partial charge in [0.25, 0.3) is 5.91 Å². The highest BCUT2D eigenvalue weighted by Crippen LogP contribution is 2.27. The van der Waals surface area contributed by atoms with Crippen molar-refractivity contribution in [2.75, 3.05) is 7.05 Å². The summed E-state index contributed by atoms with van der Waals surface area (Å²) < 4.78 is 38.4. The fourth-order valence-corrected chi connectivity index (χ4v) is 1.68. The van der Waals surface area contributed by atoms with Crippen LogP contribution in [0.3, 0.4) is 0 Å². The van der Waals surface area contributed by atoms with Crippen molar-refractivity contribution in [3.05, 3.63) is 35.4 Å². The van der Waals surface area contributed by atoms with Crippen LogP contribution in [0.1, 0.15) is 22.3 Å². The summed E-state index contributed by atoms with van der Waals surface area (Å²) in [4.78, 5) is 22.9. The van der Waals surface area contributed by atoms with Gasteiger partial charge in [-0.1, -0.05) is 17.7 Å². The number of hydrogen-bond donors (Lipinski definition) is 1. The number of nitrogens with zero attached hydrogens (tertiary/aromatic N) is 1. The van der Waals surface area contributed by atoms with Crippen molar-refractivity contribution in [3.63, 3.8) is 0 Å². The number of carbonyl (C=O) groups excluding carboxylic acids is 1. The summed E-state index contributed by atoms with van der Waals surface area (Å²) in [6, 6.07) is 3.65. The second-order valence-corrected chi connectivity index (χ2v) is 4.44. The van der Waals surface area contributed by atoms with Gasteiger partial charge in [0.2, 0.25) is 0 Å². The Bertz CT molecular complexity index is 497. The zero-order chi connectivity index (χ0) is 15.5. The summed E-state index contributed by atoms with van der Waals surface area (Å²) in [5, 5.41) is 8.55. The number of carbonyl (C=O) groups is 2. The monoisotopic (exact) mass is 289 g/mol. The average Bonchev–Trinajstić information content (AvgIpc) is 2.33. The standard InChI is InChI=1S/C13H14F3NO3/c1-8-3-5-9(6-4-8)12(20)17(2)10(7-11(18)19)13(14,15)16/h3-6,10H,7H2,1-2H3,(H,18,19). The number of benzene rings is 1. The van der Waals surface area contributed by atoms with E-state index in [4.69, 9.17) is 5.11 Å². The topological polar surface area (TPSA) is 57.6 Å². The number of amides is 1. The Morgan fingerprint density at radius 1 is 1.25 bits per heavy atom. The quantitative estimate of drug-likeness (QED) is 0.926. The molecule has 0 fully saturated rings. The Labute approximate surface area is 113 Å². The molecule has 0 saturated heterocycles. The maximum Gasteiger partial charge on any atom is 0.409 e. The molecule has 110 valence electrons. The number of aryl methyl sites for hydroxylation is 1. The first-order valence-electron chi connectivity index (χ1n) is 5.75. The number of rotatable bonds is 4. The fourth-order valence-electron chi connectivity index (χ4n) is 1.68. The molecule has 0 aliphatic carbocycles. The lowest BCUT2D eigenvalue weighted by atomic mass is 10.1. The van der Waals surface area contributed by atoms with Crippen molar-refractivity contribution in [2.45, 2.75) is 25.6 Å². The van der Waals surface area contributed by atoms with E-state index in [0.29, 0.717) is 4.90 Å². The van der Waals surface area contributed by atoms with Gasteiger partial charge < -0.3 is 10.0 Å². The first-order valence-corrected chi connectivity index (χ1v) is 5.75. The van der Waals surface area contributed by atoms with Crippen LogP contribution in [0, 0.1) is 6.92 Å². The van der Waals surface area contributed by atoms with Crippen LogP contribution in [0.2, 0.25) is 0 Å². The van der Waals surface area contributed by atoms with Crippen LogP contribution < -0.4 is 0 Å². The number of halogens is 3. The summed E-state index contributed by atoms with van der Waals surface area (Å²) in [6.07, 6.45) is -5.98. The largest absolute Gasteiger partial charge is 0.481 e. The first-order chi connectivity index (χ1) is 9.12. The lowest BCUT2D eigenvalue weighted by Gasteiger charge is -2.29. The molecule has 0 saturated carbocycles. The van der Waals surface area contributed by atoms with Crippen LogP contribution >= 0.6 is 0 Å². The lowest BCUT2D eigenvalue weighted by molar-refractivity contribution is -0.181. The average molecular weight is 289 g/mol. The SMILES string of the molecule is Cc1ccc(C(=O)N(C)C(CC(=O)O)C(F)(F)F)cc1. The predicted molar refractivity (Wildman–Crippen MR) is 65.4 cm³/mol. The van der Waals surface area contributed by atoms with Gasteiger partial charge in [-0.25, -0.2) is 0 Å². The Morgan fingerprint density at radius 2 is 1.75 bits per heavy atom. The molecule has 1 rings (SSSR count). The first kappa shape index (κ1) is 16.0. The summed E-state index contributed by atoms with van der Waals surface area (Å²) in [6.45, 7) is 1.78. The molecule has 1 aromatic carbocycles. The van der Waals surface area contributed by atoms with Crippen molar-refractivity contribution < 1.29 is 27.9 Å². The van der Waals surface area contributed by atoms with Gasteiger partial charge in [0, 0.05) is 12.6 Å². The minimum Gasteiger partial charge on any atom is -0.481 e. The Hall–Kier alpha value is -2.05. The van der Waals surface area contributed by atoms with Crippen molar-refractivity contribution in [1.29, 1.82) is 0 Å². The highest BCUT2D eigenvalue weighted by Gasteiger charge is 2.45. The lowest BCUT2D eigenvalue weighted by Crippen LogP contribution is -2.47. The third kappa shape index (κ3) is 3.97. The Morgan fingerprint density at radius 3 is 2.15 bits per heavy atom. The maximum atomic E-state index is 12.8. The Balaban J connectivity index is 2.99. The van der Waals surface area contributed by atoms with E-state index in [1.165, 1.54) is 12.1 Å². The molecule has 0 heterocycles. The van der Waals surface area contributed by atoms with Gasteiger partial charge in [0.15, 0.2) is 0 Å². The van der Waals surface area contributed by atoms with Crippen LogP contribution in [0.15, 0.2) is 24.3 Å². The number of aliphatic carboxylic acids is 1. The zero-order valence-electron chi connectivity index (χ0n) is 10.9. The molecule has 1 atom stereocenters. The van der Waals surface area contributed by atoms with Gasteiger partial charge in [-0.05, 0) is 19.1 Å². The minimum absolute atomic E-state index is 0.0812. The summed E-state index contributed by atoms with van der Waals surface area (Å²) in [5.41, 5.74) is 0.944. The second kappa shape index (κ2) is 5.94. The van der Waals surface area contributed by atoms with Gasteiger partial charge in [0.1, 0.15) is 6.04 Å². The number of carboxylic acids is 1. The third-order valence-corrected chi connectivity index (χ3v) is 2.83. The van der Waals surface area contributed by atoms with Crippen LogP contribution in [0.4, 0.5) is 13.2 Å². The van der Waals surface area contributed by atoms with Crippen molar-refractivity contribution in [3.8, 4) is 0 Å². The van der Waals surface area contributed by atoms with Crippen LogP contribution in [0.5, 0.6) is 0 Å². The van der Waals surface area contributed by atoms with Crippen LogP contribution in [-0.2, 0) is 4.79 Å². The molecule has 0 spiro atoms. The molecule has 0 aromatic heterocycles. The second-order valence-electron chi connectivity index (χ2n) is 4.44. The highest BCUT2D eigenvalue weighted by atomic mass is 19.4. The summed E-state index contributed by atoms with van der Waals surface area (Å²) in [5.74, 6) is -2.48. The van der Waals surface area contributed by atoms with Crippen LogP contribution in [-0.4, -0.2) is 41.1 Å². The van der Waals surface area contributed by atoms with Gasteiger partial charge in [-0.3, -0.25) is 9.59 Å². The molecule has 0 aliphatic rings. The molecule has 7 heteroatoms. The van der Waals surface area contributed by atoms with Crippen molar-refractivity contribution in [1.82, 2.24) is 4.90 Å². The molecule has 1 N–H and O–H groups in total. The Kier molecular flexibility index (Phi) is 4.75. The normalized spacial score (nSPS) is 12.8. The molecule has 0 aliphatic heterocycles. The van der Waals surface area contributed by atoms with Gasteiger partial charge in [-0.2, -0.15) is 13.2 Å². The van der Waals surface area contributed by atoms with E-state index in [0.717, 1.165) is 12.6 Å². The van der Waals surface area contributed by atoms with E-state index in [2.05, 4.69) is 0 Å². The molecule has 1 amide bonds. The smallest absolute Gasteiger partial charge is 0.409 e. The third-order valence-electron chi connectivity index (χ3n) is 2.83. The van der Waals surface area contributed by atoms with E-state index in [9.17, 15) is 22.8 Å². The maximum absolute atomic E-state index is 12.8. The van der Waals surface area contributed by atoms with E-state index in [1.807, 2.05) is 0 Å². The van der Waals surface area contributed by atoms with E-state index in [1.54, 1.807) is 19.1 Å². The van der Waals surface area contributed by atoms with Crippen LogP contribution in [0.25, 0.3) is 0 Å². The predicted octanol–water partition coefficient (Wildman–Crippen LogP) is 2.47. The van der Waals surface area contributed by atoms with Gasteiger partial charge >= 0.3 is 12.1 Å². The fraction of sp³-hybridized carbons (Fsp3) is 0.385. The minimum atomic E-state index is -4.80. The molecule has 0 bridgehead atoms. The van der Waals surface area contributed by atoms with Gasteiger partial charge in [-0.15, -0.1) is 0 Å². The van der Waals surface area contributed by atoms with Crippen molar-refractivity contribution in [2.24, 2.45) is 0 Å². The molecule has 0 radical (unpaired) electrons. The van der Waals surface area contributed by atoms with E-state index < -0.39 is 30.5 Å². The number of hydrogen-bond acceptors (Lipinski definition) is 2. The van der Waals surface area contributed by atoms with Gasteiger partial charge in [0.05, 0.1) is 6.42 Å². The van der Waals surface area contributed by atoms with Crippen molar-refractivity contribution >= 4 is 11.9 Å². The summed E-state index contributed by atoms with van der Waals surface area (Å²) in [7, 11) is 0.948. The van der Waals surface area contributed by atoms with E-state index in [-0.39, 0.29) is 5.56 Å². The van der Waals surface area contributed by atoms with E-state index >= 15 is 0 Å². The molecular weight excluding hydrogens is 275 g/mol. The number of alkyl halides is 3. The molecular formula is C13H14F3NO3.